The van der Waals surface area contributed by atoms with Crippen LogP contribution in [0.5, 0.6) is 0 Å². The zero-order valence-electron chi connectivity index (χ0n) is 9.38. The summed E-state index contributed by atoms with van der Waals surface area (Å²) in [5.41, 5.74) is 6.33. The van der Waals surface area contributed by atoms with Crippen LogP contribution < -0.4 is 5.73 Å². The van der Waals surface area contributed by atoms with E-state index in [0.29, 0.717) is 5.92 Å². The summed E-state index contributed by atoms with van der Waals surface area (Å²) in [5.74, 6) is 1.51. The van der Waals surface area contributed by atoms with E-state index in [-0.39, 0.29) is 6.04 Å². The summed E-state index contributed by atoms with van der Waals surface area (Å²) in [6.07, 6.45) is 5.15. The third-order valence-electron chi connectivity index (χ3n) is 3.56. The quantitative estimate of drug-likeness (QED) is 0.815. The highest BCUT2D eigenvalue weighted by molar-refractivity contribution is 9.10. The number of thiophene rings is 1. The van der Waals surface area contributed by atoms with Crippen LogP contribution in [0, 0.1) is 11.8 Å². The van der Waals surface area contributed by atoms with Gasteiger partial charge in [0.2, 0.25) is 0 Å². The summed E-state index contributed by atoms with van der Waals surface area (Å²) in [6, 6.07) is 2.25. The second-order valence-corrected chi connectivity index (χ2v) is 7.36. The molecule has 2 N–H and O–H groups in total. The van der Waals surface area contributed by atoms with Crippen molar-refractivity contribution in [3.63, 3.8) is 0 Å². The van der Waals surface area contributed by atoms with Gasteiger partial charge in [-0.25, -0.2) is 0 Å². The molecule has 0 saturated heterocycles. The Labute approximate surface area is 114 Å². The molecule has 0 radical (unpaired) electrons. The van der Waals surface area contributed by atoms with Crippen LogP contribution in [0.1, 0.15) is 43.5 Å². The number of halogens is 2. The van der Waals surface area contributed by atoms with Crippen molar-refractivity contribution in [2.75, 3.05) is 0 Å². The molecule has 1 unspecified atom stereocenters. The Morgan fingerprint density at radius 1 is 1.44 bits per heavy atom. The van der Waals surface area contributed by atoms with Crippen molar-refractivity contribution in [2.24, 2.45) is 17.6 Å². The summed E-state index contributed by atoms with van der Waals surface area (Å²) in [5, 5.41) is 0. The second-order valence-electron chi connectivity index (χ2n) is 4.82. The van der Waals surface area contributed by atoms with E-state index >= 15 is 0 Å². The van der Waals surface area contributed by atoms with Gasteiger partial charge in [0, 0.05) is 15.4 Å². The van der Waals surface area contributed by atoms with Gasteiger partial charge in [-0.1, -0.05) is 31.4 Å². The van der Waals surface area contributed by atoms with Crippen LogP contribution in [0.15, 0.2) is 10.5 Å². The smallest absolute Gasteiger partial charge is 0.107 e. The van der Waals surface area contributed by atoms with Crippen molar-refractivity contribution in [3.05, 3.63) is 19.8 Å². The number of rotatable bonds is 2. The number of hydrogen-bond acceptors (Lipinski definition) is 2. The summed E-state index contributed by atoms with van der Waals surface area (Å²) in [7, 11) is 0. The van der Waals surface area contributed by atoms with Crippen molar-refractivity contribution in [2.45, 2.75) is 38.6 Å². The van der Waals surface area contributed by atoms with Gasteiger partial charge < -0.3 is 5.73 Å². The Morgan fingerprint density at radius 2 is 2.06 bits per heavy atom. The molecule has 4 heteroatoms. The molecule has 2 rings (SSSR count). The lowest BCUT2D eigenvalue weighted by Crippen LogP contribution is -2.24. The van der Waals surface area contributed by atoms with Crippen molar-refractivity contribution in [1.82, 2.24) is 0 Å². The van der Waals surface area contributed by atoms with Gasteiger partial charge >= 0.3 is 0 Å². The minimum absolute atomic E-state index is 0.168. The van der Waals surface area contributed by atoms with E-state index in [4.69, 9.17) is 17.3 Å². The van der Waals surface area contributed by atoms with Gasteiger partial charge in [-0.15, -0.1) is 11.3 Å². The lowest BCUT2D eigenvalue weighted by atomic mass is 9.79. The van der Waals surface area contributed by atoms with E-state index in [2.05, 4.69) is 28.9 Å². The summed E-state index contributed by atoms with van der Waals surface area (Å²) in [6.45, 7) is 2.33. The highest BCUT2D eigenvalue weighted by Gasteiger charge is 2.26. The molecule has 0 spiro atoms. The Morgan fingerprint density at radius 3 is 2.56 bits per heavy atom. The van der Waals surface area contributed by atoms with Crippen LogP contribution in [-0.4, -0.2) is 0 Å². The third-order valence-corrected chi connectivity index (χ3v) is 6.14. The fourth-order valence-electron chi connectivity index (χ4n) is 2.40. The molecule has 90 valence electrons. The lowest BCUT2D eigenvalue weighted by molar-refractivity contribution is 0.258. The molecular formula is C12H17BrClNS. The molecule has 1 fully saturated rings. The SMILES string of the molecule is CC1CCC(C(N)c2cc(Br)c(Cl)s2)CC1. The molecule has 1 atom stereocenters. The van der Waals surface area contributed by atoms with Crippen LogP contribution in [0.4, 0.5) is 0 Å². The monoisotopic (exact) mass is 321 g/mol. The first-order chi connectivity index (χ1) is 7.58. The van der Waals surface area contributed by atoms with Gasteiger partial charge in [-0.05, 0) is 46.7 Å². The van der Waals surface area contributed by atoms with E-state index in [1.165, 1.54) is 30.6 Å². The maximum absolute atomic E-state index is 6.33. The van der Waals surface area contributed by atoms with Crippen LogP contribution in [0.25, 0.3) is 0 Å². The zero-order valence-corrected chi connectivity index (χ0v) is 12.5. The van der Waals surface area contributed by atoms with Gasteiger partial charge in [0.1, 0.15) is 4.34 Å². The summed E-state index contributed by atoms with van der Waals surface area (Å²) in [4.78, 5) is 1.22. The molecular weight excluding hydrogens is 306 g/mol. The first-order valence-electron chi connectivity index (χ1n) is 5.78. The number of hydrogen-bond donors (Lipinski definition) is 1. The normalized spacial score (nSPS) is 28.0. The summed E-state index contributed by atoms with van der Waals surface area (Å²) >= 11 is 11.1. The van der Waals surface area contributed by atoms with Crippen molar-refractivity contribution in [1.29, 1.82) is 0 Å². The van der Waals surface area contributed by atoms with Crippen LogP contribution >= 0.6 is 38.9 Å². The molecule has 0 aliphatic heterocycles. The maximum Gasteiger partial charge on any atom is 0.107 e. The Balaban J connectivity index is 2.04. The fraction of sp³-hybridized carbons (Fsp3) is 0.667. The van der Waals surface area contributed by atoms with E-state index in [9.17, 15) is 0 Å². The first-order valence-corrected chi connectivity index (χ1v) is 7.77. The Hall–Kier alpha value is 0.430. The first kappa shape index (κ1) is 12.9. The topological polar surface area (TPSA) is 26.0 Å². The van der Waals surface area contributed by atoms with Gasteiger partial charge in [-0.2, -0.15) is 0 Å². The molecule has 1 aromatic rings. The molecule has 0 bridgehead atoms. The van der Waals surface area contributed by atoms with Gasteiger partial charge in [0.15, 0.2) is 0 Å². The van der Waals surface area contributed by atoms with Crippen LogP contribution in [0.3, 0.4) is 0 Å². The maximum atomic E-state index is 6.33. The van der Waals surface area contributed by atoms with E-state index in [1.807, 2.05) is 0 Å². The van der Waals surface area contributed by atoms with E-state index in [0.717, 1.165) is 14.7 Å². The van der Waals surface area contributed by atoms with Crippen LogP contribution in [-0.2, 0) is 0 Å². The molecule has 16 heavy (non-hydrogen) atoms. The van der Waals surface area contributed by atoms with E-state index < -0.39 is 0 Å². The second kappa shape index (κ2) is 5.38. The van der Waals surface area contributed by atoms with Crippen molar-refractivity contribution in [3.8, 4) is 0 Å². The Kier molecular flexibility index (Phi) is 4.33. The molecule has 1 heterocycles. The Bertz CT molecular complexity index is 338. The van der Waals surface area contributed by atoms with E-state index in [1.54, 1.807) is 11.3 Å². The lowest BCUT2D eigenvalue weighted by Gasteiger charge is -2.30. The highest BCUT2D eigenvalue weighted by atomic mass is 79.9. The minimum atomic E-state index is 0.168. The molecule has 1 nitrogen and oxygen atoms in total. The predicted octanol–water partition coefficient (Wildman–Crippen LogP) is 4.99. The fourth-order valence-corrected chi connectivity index (χ4v) is 4.24. The average Bonchev–Trinajstić information content (AvgIpc) is 2.59. The highest BCUT2D eigenvalue weighted by Crippen LogP contribution is 2.41. The number of nitrogens with two attached hydrogens (primary N) is 1. The van der Waals surface area contributed by atoms with Crippen molar-refractivity contribution < 1.29 is 0 Å². The summed E-state index contributed by atoms with van der Waals surface area (Å²) < 4.78 is 1.79. The average molecular weight is 323 g/mol. The molecule has 1 aromatic heterocycles. The molecule has 1 saturated carbocycles. The third kappa shape index (κ3) is 2.81. The predicted molar refractivity (Wildman–Crippen MR) is 75.1 cm³/mol. The molecule has 1 aliphatic carbocycles. The van der Waals surface area contributed by atoms with Gasteiger partial charge in [0.05, 0.1) is 0 Å². The molecule has 0 aromatic carbocycles. The minimum Gasteiger partial charge on any atom is -0.323 e. The van der Waals surface area contributed by atoms with Gasteiger partial charge in [-0.3, -0.25) is 0 Å². The zero-order chi connectivity index (χ0) is 11.7. The molecule has 1 aliphatic rings. The van der Waals surface area contributed by atoms with Crippen molar-refractivity contribution >= 4 is 38.9 Å². The molecule has 0 amide bonds. The van der Waals surface area contributed by atoms with Crippen LogP contribution in [0.2, 0.25) is 4.34 Å². The standard InChI is InChI=1S/C12H17BrClNS/c1-7-2-4-8(5-3-7)11(15)10-6-9(13)12(14)16-10/h6-8,11H,2-5,15H2,1H3. The van der Waals surface area contributed by atoms with Gasteiger partial charge in [0.25, 0.3) is 0 Å². The largest absolute Gasteiger partial charge is 0.323 e.